The summed E-state index contributed by atoms with van der Waals surface area (Å²) in [5.74, 6) is 0.0150. The molecule has 2 rings (SSSR count). The predicted molar refractivity (Wildman–Crippen MR) is 75.0 cm³/mol. The molecule has 2 heterocycles. The Kier molecular flexibility index (Phi) is 4.90. The molecular weight excluding hydrogens is 311 g/mol. The van der Waals surface area contributed by atoms with Gasteiger partial charge in [-0.15, -0.1) is 0 Å². The molecule has 0 unspecified atom stereocenters. The molecule has 1 aliphatic rings. The Morgan fingerprint density at radius 3 is 2.53 bits per heavy atom. The first-order valence-corrected chi connectivity index (χ1v) is 7.07. The first-order chi connectivity index (χ1) is 9.04. The quantitative estimate of drug-likeness (QED) is 0.910. The van der Waals surface area contributed by atoms with Crippen molar-refractivity contribution in [3.05, 3.63) is 27.0 Å². The third-order valence-corrected chi connectivity index (χ3v) is 4.52. The van der Waals surface area contributed by atoms with Crippen molar-refractivity contribution in [1.29, 1.82) is 0 Å². The molecule has 0 spiro atoms. The lowest BCUT2D eigenvalue weighted by Gasteiger charge is -2.31. The van der Waals surface area contributed by atoms with Gasteiger partial charge in [0.2, 0.25) is 0 Å². The number of carbonyl (C=O) groups excluding carboxylic acids is 1. The highest BCUT2D eigenvalue weighted by molar-refractivity contribution is 6.48. The number of aromatic nitrogens is 1. The Hall–Kier alpha value is -0.550. The zero-order valence-electron chi connectivity index (χ0n) is 10.1. The lowest BCUT2D eigenvalue weighted by atomic mass is 9.98. The van der Waals surface area contributed by atoms with Crippen LogP contribution in [-0.4, -0.2) is 40.6 Å². The molecule has 0 bridgehead atoms. The van der Waals surface area contributed by atoms with Gasteiger partial charge in [-0.05, 0) is 18.8 Å². The third kappa shape index (κ3) is 3.14. The number of aliphatic hydroxyl groups is 1. The van der Waals surface area contributed by atoms with E-state index in [-0.39, 0.29) is 39.2 Å². The lowest BCUT2D eigenvalue weighted by molar-refractivity contribution is 0.0645. The predicted octanol–water partition coefficient (Wildman–Crippen LogP) is 2.89. The second-order valence-corrected chi connectivity index (χ2v) is 5.66. The van der Waals surface area contributed by atoms with Crippen LogP contribution in [0.15, 0.2) is 6.20 Å². The van der Waals surface area contributed by atoms with Crippen molar-refractivity contribution >= 4 is 40.7 Å². The van der Waals surface area contributed by atoms with Crippen LogP contribution in [0.25, 0.3) is 0 Å². The van der Waals surface area contributed by atoms with Crippen LogP contribution in [0.3, 0.4) is 0 Å². The van der Waals surface area contributed by atoms with Gasteiger partial charge in [-0.25, -0.2) is 4.98 Å². The van der Waals surface area contributed by atoms with Gasteiger partial charge >= 0.3 is 0 Å². The highest BCUT2D eigenvalue weighted by Gasteiger charge is 2.26. The Morgan fingerprint density at radius 1 is 1.32 bits per heavy atom. The van der Waals surface area contributed by atoms with E-state index in [0.717, 1.165) is 12.8 Å². The Morgan fingerprint density at radius 2 is 1.95 bits per heavy atom. The molecule has 1 amide bonds. The minimum absolute atomic E-state index is 0.0865. The van der Waals surface area contributed by atoms with Crippen molar-refractivity contribution in [1.82, 2.24) is 9.88 Å². The molecule has 1 aromatic rings. The number of rotatable bonds is 2. The van der Waals surface area contributed by atoms with Gasteiger partial charge in [-0.2, -0.15) is 0 Å². The van der Waals surface area contributed by atoms with Crippen molar-refractivity contribution in [2.24, 2.45) is 5.92 Å². The molecule has 0 saturated carbocycles. The van der Waals surface area contributed by atoms with E-state index in [0.29, 0.717) is 13.1 Å². The second-order valence-electron chi connectivity index (χ2n) is 4.50. The number of hydrogen-bond acceptors (Lipinski definition) is 3. The smallest absolute Gasteiger partial charge is 0.274 e. The number of aliphatic hydroxyl groups excluding tert-OH is 1. The molecule has 0 aliphatic carbocycles. The van der Waals surface area contributed by atoms with E-state index in [1.807, 2.05) is 0 Å². The van der Waals surface area contributed by atoms with E-state index in [1.54, 1.807) is 4.90 Å². The van der Waals surface area contributed by atoms with E-state index >= 15 is 0 Å². The van der Waals surface area contributed by atoms with E-state index < -0.39 is 0 Å². The molecule has 7 heteroatoms. The number of piperidine rings is 1. The maximum atomic E-state index is 12.3. The van der Waals surface area contributed by atoms with E-state index in [1.165, 1.54) is 6.20 Å². The first-order valence-electron chi connectivity index (χ1n) is 5.94. The van der Waals surface area contributed by atoms with Crippen molar-refractivity contribution in [2.75, 3.05) is 19.7 Å². The Balaban J connectivity index is 2.15. The number of nitrogens with zero attached hydrogens (tertiary/aromatic N) is 2. The van der Waals surface area contributed by atoms with Crippen LogP contribution in [-0.2, 0) is 0 Å². The SMILES string of the molecule is O=C(c1ncc(Cl)c(Cl)c1Cl)N1CCC(CO)CC1. The molecule has 0 aromatic carbocycles. The topological polar surface area (TPSA) is 53.4 Å². The highest BCUT2D eigenvalue weighted by atomic mass is 35.5. The van der Waals surface area contributed by atoms with Crippen LogP contribution in [0.4, 0.5) is 0 Å². The fourth-order valence-electron chi connectivity index (χ4n) is 2.06. The van der Waals surface area contributed by atoms with Gasteiger partial charge in [-0.1, -0.05) is 34.8 Å². The normalized spacial score (nSPS) is 16.7. The van der Waals surface area contributed by atoms with Crippen LogP contribution < -0.4 is 0 Å². The maximum Gasteiger partial charge on any atom is 0.274 e. The lowest BCUT2D eigenvalue weighted by Crippen LogP contribution is -2.39. The summed E-state index contributed by atoms with van der Waals surface area (Å²) >= 11 is 17.7. The average molecular weight is 324 g/mol. The summed E-state index contributed by atoms with van der Waals surface area (Å²) in [5, 5.41) is 9.53. The van der Waals surface area contributed by atoms with Gasteiger partial charge < -0.3 is 10.0 Å². The van der Waals surface area contributed by atoms with Crippen LogP contribution in [0.2, 0.25) is 15.1 Å². The van der Waals surface area contributed by atoms with Gasteiger partial charge in [0.25, 0.3) is 5.91 Å². The van der Waals surface area contributed by atoms with Crippen molar-refractivity contribution < 1.29 is 9.90 Å². The number of amides is 1. The molecule has 1 fully saturated rings. The van der Waals surface area contributed by atoms with Crippen LogP contribution in [0.1, 0.15) is 23.3 Å². The highest BCUT2D eigenvalue weighted by Crippen LogP contribution is 2.32. The van der Waals surface area contributed by atoms with Crippen LogP contribution in [0.5, 0.6) is 0 Å². The molecule has 1 saturated heterocycles. The fraction of sp³-hybridized carbons (Fsp3) is 0.500. The molecule has 4 nitrogen and oxygen atoms in total. The summed E-state index contributed by atoms with van der Waals surface area (Å²) in [5.41, 5.74) is 0.124. The first kappa shape index (κ1) is 14.9. The molecule has 1 aromatic heterocycles. The van der Waals surface area contributed by atoms with E-state index in [4.69, 9.17) is 39.9 Å². The summed E-state index contributed by atoms with van der Waals surface area (Å²) in [6.45, 7) is 1.33. The molecule has 0 radical (unpaired) electrons. The third-order valence-electron chi connectivity index (χ3n) is 3.28. The summed E-state index contributed by atoms with van der Waals surface area (Å²) in [4.78, 5) is 17.9. The summed E-state index contributed by atoms with van der Waals surface area (Å²) in [7, 11) is 0. The summed E-state index contributed by atoms with van der Waals surface area (Å²) < 4.78 is 0. The van der Waals surface area contributed by atoms with E-state index in [2.05, 4.69) is 4.98 Å². The van der Waals surface area contributed by atoms with Crippen molar-refractivity contribution in [3.63, 3.8) is 0 Å². The second kappa shape index (κ2) is 6.27. The zero-order chi connectivity index (χ0) is 14.0. The van der Waals surface area contributed by atoms with Gasteiger partial charge in [-0.3, -0.25) is 4.79 Å². The fourth-order valence-corrected chi connectivity index (χ4v) is 2.62. The molecular formula is C12H13Cl3N2O2. The number of pyridine rings is 1. The van der Waals surface area contributed by atoms with Crippen molar-refractivity contribution in [3.8, 4) is 0 Å². The summed E-state index contributed by atoms with van der Waals surface area (Å²) in [6, 6.07) is 0. The average Bonchev–Trinajstić information content (AvgIpc) is 2.44. The molecule has 1 N–H and O–H groups in total. The largest absolute Gasteiger partial charge is 0.396 e. The van der Waals surface area contributed by atoms with Crippen LogP contribution in [0, 0.1) is 5.92 Å². The Labute approximate surface area is 126 Å². The molecule has 0 atom stereocenters. The minimum Gasteiger partial charge on any atom is -0.396 e. The standard InChI is InChI=1S/C12H13Cl3N2O2/c13-8-5-16-11(10(15)9(8)14)12(19)17-3-1-7(6-18)2-4-17/h5,7,18H,1-4,6H2. The number of hydrogen-bond donors (Lipinski definition) is 1. The van der Waals surface area contributed by atoms with Crippen LogP contribution >= 0.6 is 34.8 Å². The van der Waals surface area contributed by atoms with Gasteiger partial charge in [0, 0.05) is 25.9 Å². The molecule has 104 valence electrons. The molecule has 19 heavy (non-hydrogen) atoms. The molecule has 1 aliphatic heterocycles. The zero-order valence-corrected chi connectivity index (χ0v) is 12.3. The number of carbonyl (C=O) groups is 1. The maximum absolute atomic E-state index is 12.3. The number of halogens is 3. The Bertz CT molecular complexity index is 488. The monoisotopic (exact) mass is 322 g/mol. The minimum atomic E-state index is -0.250. The number of likely N-dealkylation sites (tertiary alicyclic amines) is 1. The van der Waals surface area contributed by atoms with Gasteiger partial charge in [0.1, 0.15) is 5.69 Å². The van der Waals surface area contributed by atoms with Crippen molar-refractivity contribution in [2.45, 2.75) is 12.8 Å². The van der Waals surface area contributed by atoms with E-state index in [9.17, 15) is 4.79 Å². The summed E-state index contributed by atoms with van der Waals surface area (Å²) in [6.07, 6.45) is 2.88. The van der Waals surface area contributed by atoms with Gasteiger partial charge in [0.05, 0.1) is 15.1 Å². The van der Waals surface area contributed by atoms with Gasteiger partial charge in [0.15, 0.2) is 0 Å².